The molecule has 2 aromatic carbocycles. The summed E-state index contributed by atoms with van der Waals surface area (Å²) in [5.74, 6) is -0.414. The molecule has 2 rings (SSSR count). The maximum atomic E-state index is 13.3. The van der Waals surface area contributed by atoms with E-state index in [0.717, 1.165) is 16.7 Å². The molecule has 0 spiro atoms. The molecule has 0 heterocycles. The summed E-state index contributed by atoms with van der Waals surface area (Å²) in [6.07, 6.45) is 2.42. The molecule has 0 aliphatic rings. The summed E-state index contributed by atoms with van der Waals surface area (Å²) in [6.45, 7) is 2.03. The van der Waals surface area contributed by atoms with Gasteiger partial charge in [0.25, 0.3) is 0 Å². The largest absolute Gasteiger partial charge is 0.402 e. The third-order valence-corrected chi connectivity index (χ3v) is 3.23. The highest BCUT2D eigenvalue weighted by Crippen LogP contribution is 2.18. The Morgan fingerprint density at radius 1 is 1.26 bits per heavy atom. The molecule has 0 fully saturated rings. The van der Waals surface area contributed by atoms with Crippen LogP contribution >= 0.6 is 11.6 Å². The van der Waals surface area contributed by atoms with Crippen molar-refractivity contribution in [2.45, 2.75) is 13.3 Å². The van der Waals surface area contributed by atoms with Crippen molar-refractivity contribution >= 4 is 17.7 Å². The highest BCUT2D eigenvalue weighted by atomic mass is 35.5. The smallest absolute Gasteiger partial charge is 0.142 e. The molecule has 0 saturated carbocycles. The van der Waals surface area contributed by atoms with Gasteiger partial charge in [-0.15, -0.1) is 0 Å². The molecule has 1 nitrogen and oxygen atoms in total. The number of rotatable bonds is 3. The van der Waals surface area contributed by atoms with Gasteiger partial charge in [0.2, 0.25) is 0 Å². The third kappa shape index (κ3) is 3.58. The van der Waals surface area contributed by atoms with Gasteiger partial charge in [-0.1, -0.05) is 41.9 Å². The third-order valence-electron chi connectivity index (χ3n) is 2.92. The van der Waals surface area contributed by atoms with Crippen LogP contribution in [0.5, 0.6) is 0 Å². The average molecular weight is 276 g/mol. The van der Waals surface area contributed by atoms with Gasteiger partial charge in [-0.25, -0.2) is 4.39 Å². The molecule has 2 N–H and O–H groups in total. The molecule has 0 radical (unpaired) electrons. The Bertz CT molecular complexity index is 620. The van der Waals surface area contributed by atoms with Gasteiger partial charge in [0.15, 0.2) is 0 Å². The summed E-state index contributed by atoms with van der Waals surface area (Å²) >= 11 is 5.65. The molecular formula is C16H15ClFN. The molecule has 0 aliphatic heterocycles. The van der Waals surface area contributed by atoms with Crippen LogP contribution in [-0.4, -0.2) is 0 Å². The SMILES string of the molecule is Cc1ccccc1/C=C(\N)Cc1ccc(Cl)c(F)c1. The van der Waals surface area contributed by atoms with Crippen molar-refractivity contribution in [2.24, 2.45) is 5.73 Å². The Labute approximate surface area is 117 Å². The van der Waals surface area contributed by atoms with E-state index in [-0.39, 0.29) is 5.02 Å². The standard InChI is InChI=1S/C16H15ClFN/c1-11-4-2-3-5-13(11)10-14(19)8-12-6-7-15(17)16(18)9-12/h2-7,9-10H,8,19H2,1H3/b14-10-. The van der Waals surface area contributed by atoms with Crippen molar-refractivity contribution in [3.05, 3.63) is 75.7 Å². The zero-order valence-corrected chi connectivity index (χ0v) is 11.4. The Morgan fingerprint density at radius 3 is 2.68 bits per heavy atom. The molecule has 0 bridgehead atoms. The van der Waals surface area contributed by atoms with Crippen molar-refractivity contribution in [2.75, 3.05) is 0 Å². The first-order valence-corrected chi connectivity index (χ1v) is 6.39. The van der Waals surface area contributed by atoms with E-state index in [9.17, 15) is 4.39 Å². The first-order valence-electron chi connectivity index (χ1n) is 6.02. The van der Waals surface area contributed by atoms with Crippen molar-refractivity contribution < 1.29 is 4.39 Å². The second kappa shape index (κ2) is 5.89. The first kappa shape index (κ1) is 13.6. The van der Waals surface area contributed by atoms with E-state index in [1.807, 2.05) is 37.3 Å². The van der Waals surface area contributed by atoms with E-state index in [2.05, 4.69) is 0 Å². The molecule has 2 aromatic rings. The Morgan fingerprint density at radius 2 is 2.00 bits per heavy atom. The predicted molar refractivity (Wildman–Crippen MR) is 78.5 cm³/mol. The fourth-order valence-electron chi connectivity index (χ4n) is 1.88. The minimum Gasteiger partial charge on any atom is -0.402 e. The van der Waals surface area contributed by atoms with E-state index in [1.165, 1.54) is 6.07 Å². The summed E-state index contributed by atoms with van der Waals surface area (Å²) in [5.41, 5.74) is 9.74. The fourth-order valence-corrected chi connectivity index (χ4v) is 2.00. The van der Waals surface area contributed by atoms with Crippen molar-refractivity contribution in [3.8, 4) is 0 Å². The highest BCUT2D eigenvalue weighted by Gasteiger charge is 2.02. The lowest BCUT2D eigenvalue weighted by Crippen LogP contribution is -2.02. The van der Waals surface area contributed by atoms with Crippen molar-refractivity contribution in [3.63, 3.8) is 0 Å². The van der Waals surface area contributed by atoms with E-state index in [0.29, 0.717) is 12.1 Å². The number of nitrogens with two attached hydrogens (primary N) is 1. The van der Waals surface area contributed by atoms with Crippen molar-refractivity contribution in [1.29, 1.82) is 0 Å². The molecular weight excluding hydrogens is 261 g/mol. The van der Waals surface area contributed by atoms with Gasteiger partial charge in [0, 0.05) is 12.1 Å². The van der Waals surface area contributed by atoms with E-state index < -0.39 is 5.82 Å². The molecule has 0 atom stereocenters. The maximum absolute atomic E-state index is 13.3. The van der Waals surface area contributed by atoms with Crippen LogP contribution in [0.15, 0.2) is 48.2 Å². The molecule has 98 valence electrons. The van der Waals surface area contributed by atoms with Crippen LogP contribution in [0.1, 0.15) is 16.7 Å². The van der Waals surface area contributed by atoms with Gasteiger partial charge in [-0.2, -0.15) is 0 Å². The normalized spacial score (nSPS) is 11.6. The second-order valence-corrected chi connectivity index (χ2v) is 4.91. The topological polar surface area (TPSA) is 26.0 Å². The number of halogens is 2. The zero-order valence-electron chi connectivity index (χ0n) is 10.7. The summed E-state index contributed by atoms with van der Waals surface area (Å²) < 4.78 is 13.3. The van der Waals surface area contributed by atoms with Crippen molar-refractivity contribution in [1.82, 2.24) is 0 Å². The Kier molecular flexibility index (Phi) is 4.23. The average Bonchev–Trinajstić information content (AvgIpc) is 2.37. The summed E-state index contributed by atoms with van der Waals surface area (Å²) in [6, 6.07) is 12.7. The summed E-state index contributed by atoms with van der Waals surface area (Å²) in [4.78, 5) is 0. The summed E-state index contributed by atoms with van der Waals surface area (Å²) in [7, 11) is 0. The van der Waals surface area contributed by atoms with Gasteiger partial charge in [0.05, 0.1) is 5.02 Å². The highest BCUT2D eigenvalue weighted by molar-refractivity contribution is 6.30. The van der Waals surface area contributed by atoms with Gasteiger partial charge in [-0.3, -0.25) is 0 Å². The van der Waals surface area contributed by atoms with Crippen LogP contribution in [0.25, 0.3) is 6.08 Å². The molecule has 19 heavy (non-hydrogen) atoms. The minimum atomic E-state index is -0.414. The lowest BCUT2D eigenvalue weighted by atomic mass is 10.0. The first-order chi connectivity index (χ1) is 9.06. The monoisotopic (exact) mass is 275 g/mol. The van der Waals surface area contributed by atoms with Crippen LogP contribution in [0, 0.1) is 12.7 Å². The van der Waals surface area contributed by atoms with Crippen LogP contribution in [0.2, 0.25) is 5.02 Å². The number of benzene rings is 2. The lowest BCUT2D eigenvalue weighted by molar-refractivity contribution is 0.626. The Hall–Kier alpha value is -1.80. The molecule has 0 aliphatic carbocycles. The van der Waals surface area contributed by atoms with Crippen LogP contribution < -0.4 is 5.73 Å². The van der Waals surface area contributed by atoms with Gasteiger partial charge < -0.3 is 5.73 Å². The number of aryl methyl sites for hydroxylation is 1. The van der Waals surface area contributed by atoms with E-state index in [1.54, 1.807) is 12.1 Å². The van der Waals surface area contributed by atoms with E-state index >= 15 is 0 Å². The number of hydrogen-bond acceptors (Lipinski definition) is 1. The maximum Gasteiger partial charge on any atom is 0.142 e. The van der Waals surface area contributed by atoms with Gasteiger partial charge in [-0.05, 0) is 41.8 Å². The molecule has 0 unspecified atom stereocenters. The minimum absolute atomic E-state index is 0.130. The summed E-state index contributed by atoms with van der Waals surface area (Å²) in [5, 5.41) is 0.130. The zero-order chi connectivity index (χ0) is 13.8. The van der Waals surface area contributed by atoms with Crippen LogP contribution in [-0.2, 0) is 6.42 Å². The molecule has 0 amide bonds. The predicted octanol–water partition coefficient (Wildman–Crippen LogP) is 4.33. The number of hydrogen-bond donors (Lipinski definition) is 1. The Balaban J connectivity index is 2.19. The second-order valence-electron chi connectivity index (χ2n) is 4.50. The van der Waals surface area contributed by atoms with E-state index in [4.69, 9.17) is 17.3 Å². The lowest BCUT2D eigenvalue weighted by Gasteiger charge is -2.05. The van der Waals surface area contributed by atoms with Gasteiger partial charge >= 0.3 is 0 Å². The van der Waals surface area contributed by atoms with Crippen LogP contribution in [0.4, 0.5) is 4.39 Å². The van der Waals surface area contributed by atoms with Crippen LogP contribution in [0.3, 0.4) is 0 Å². The molecule has 0 aromatic heterocycles. The number of allylic oxidation sites excluding steroid dienone is 1. The molecule has 3 heteroatoms. The quantitative estimate of drug-likeness (QED) is 0.886. The fraction of sp³-hybridized carbons (Fsp3) is 0.125. The van der Waals surface area contributed by atoms with Gasteiger partial charge in [0.1, 0.15) is 5.82 Å². The molecule has 0 saturated heterocycles.